The molecule has 1 heterocycles. The van der Waals surface area contributed by atoms with E-state index in [0.717, 1.165) is 23.1 Å². The molecule has 2 aromatic rings. The van der Waals surface area contributed by atoms with Crippen LogP contribution in [0.2, 0.25) is 0 Å². The minimum Gasteiger partial charge on any atom is -0.444 e. The van der Waals surface area contributed by atoms with Crippen LogP contribution in [0.5, 0.6) is 0 Å². The number of alkyl carbamates (subject to hydrolysis) is 1. The molecule has 0 radical (unpaired) electrons. The number of nitrogens with zero attached hydrogens (tertiary/aromatic N) is 3. The molecule has 0 saturated carbocycles. The number of carbonyl (C=O) groups excluding carboxylic acids is 1. The molecule has 0 spiro atoms. The number of hydrogen-bond acceptors (Lipinski definition) is 4. The molecule has 28 heavy (non-hydrogen) atoms. The summed E-state index contributed by atoms with van der Waals surface area (Å²) in [6.45, 7) is 4.44. The summed E-state index contributed by atoms with van der Waals surface area (Å²) in [4.78, 5) is 24.0. The second kappa shape index (κ2) is 8.63. The normalized spacial score (nSPS) is 12.2. The number of halogens is 4. The van der Waals surface area contributed by atoms with Crippen LogP contribution in [0.4, 0.5) is 18.0 Å². The van der Waals surface area contributed by atoms with Crippen molar-refractivity contribution in [3.63, 3.8) is 0 Å². The molecule has 0 bridgehead atoms. The zero-order chi connectivity index (χ0) is 21.1. The third-order valence-electron chi connectivity index (χ3n) is 3.32. The molecule has 0 unspecified atom stereocenters. The standard InChI is InChI=1S/C17H18BrF3N4O3/c1-17(2,3)28-15(26)22-7-10(6-19)8-25-16(27)24(9-23-25)14-12(20)4-11(18)5-13(14)21/h4-6,9H,7-8H2,1-3H3,(H,22,26)/b10-6+. The first kappa shape index (κ1) is 21.7. The molecule has 7 nitrogen and oxygen atoms in total. The van der Waals surface area contributed by atoms with Crippen molar-refractivity contribution in [3.05, 3.63) is 57.0 Å². The first-order valence-corrected chi connectivity index (χ1v) is 8.85. The minimum atomic E-state index is -0.971. The van der Waals surface area contributed by atoms with E-state index < -0.39 is 34.7 Å². The molecule has 0 fully saturated rings. The maximum Gasteiger partial charge on any atom is 0.407 e. The fourth-order valence-corrected chi connectivity index (χ4v) is 2.59. The van der Waals surface area contributed by atoms with Crippen molar-refractivity contribution in [2.75, 3.05) is 6.54 Å². The molecule has 152 valence electrons. The second-order valence-electron chi connectivity index (χ2n) is 6.78. The van der Waals surface area contributed by atoms with Gasteiger partial charge in [0.1, 0.15) is 17.6 Å². The van der Waals surface area contributed by atoms with Crippen LogP contribution >= 0.6 is 15.9 Å². The van der Waals surface area contributed by atoms with Crippen molar-refractivity contribution in [1.29, 1.82) is 0 Å². The summed E-state index contributed by atoms with van der Waals surface area (Å²) in [5.74, 6) is -1.94. The van der Waals surface area contributed by atoms with E-state index >= 15 is 0 Å². The van der Waals surface area contributed by atoms with Gasteiger partial charge in [0.05, 0.1) is 12.9 Å². The molecule has 0 aliphatic rings. The van der Waals surface area contributed by atoms with E-state index in [1.807, 2.05) is 0 Å². The van der Waals surface area contributed by atoms with Crippen molar-refractivity contribution in [3.8, 4) is 5.69 Å². The predicted molar refractivity (Wildman–Crippen MR) is 98.9 cm³/mol. The Morgan fingerprint density at radius 1 is 1.32 bits per heavy atom. The third kappa shape index (κ3) is 5.47. The van der Waals surface area contributed by atoms with Crippen LogP contribution in [0.25, 0.3) is 5.69 Å². The number of rotatable bonds is 5. The Balaban J connectivity index is 2.16. The van der Waals surface area contributed by atoms with Gasteiger partial charge in [-0.2, -0.15) is 5.10 Å². The largest absolute Gasteiger partial charge is 0.444 e. The average molecular weight is 463 g/mol. The van der Waals surface area contributed by atoms with Gasteiger partial charge in [0.2, 0.25) is 0 Å². The van der Waals surface area contributed by atoms with Crippen LogP contribution in [0.3, 0.4) is 0 Å². The topological polar surface area (TPSA) is 78.2 Å². The molecule has 1 aromatic heterocycles. The van der Waals surface area contributed by atoms with Crippen LogP contribution in [0.1, 0.15) is 20.8 Å². The highest BCUT2D eigenvalue weighted by atomic mass is 79.9. The Kier molecular flexibility index (Phi) is 6.70. The SMILES string of the molecule is CC(C)(C)OC(=O)NC/C(=C\F)Cn1ncn(-c2c(F)cc(Br)cc2F)c1=O. The van der Waals surface area contributed by atoms with Gasteiger partial charge in [-0.3, -0.25) is 0 Å². The predicted octanol–water partition coefficient (Wildman–Crippen LogP) is 3.45. The lowest BCUT2D eigenvalue weighted by Gasteiger charge is -2.19. The maximum absolute atomic E-state index is 14.1. The van der Waals surface area contributed by atoms with Crippen LogP contribution in [-0.4, -0.2) is 32.6 Å². The van der Waals surface area contributed by atoms with Crippen molar-refractivity contribution in [2.45, 2.75) is 32.9 Å². The second-order valence-corrected chi connectivity index (χ2v) is 7.70. The minimum absolute atomic E-state index is 0.00467. The molecule has 0 atom stereocenters. The molecule has 0 saturated heterocycles. The molecule has 1 aromatic carbocycles. The van der Waals surface area contributed by atoms with Gasteiger partial charge in [-0.15, -0.1) is 0 Å². The summed E-state index contributed by atoms with van der Waals surface area (Å²) in [7, 11) is 0. The lowest BCUT2D eigenvalue weighted by molar-refractivity contribution is 0.0532. The van der Waals surface area contributed by atoms with Gasteiger partial charge in [0, 0.05) is 11.0 Å². The summed E-state index contributed by atoms with van der Waals surface area (Å²) < 4.78 is 47.9. The number of carbonyl (C=O) groups is 1. The van der Waals surface area contributed by atoms with E-state index in [1.54, 1.807) is 20.8 Å². The average Bonchev–Trinajstić information content (AvgIpc) is 2.90. The van der Waals surface area contributed by atoms with Crippen LogP contribution in [0.15, 0.2) is 39.6 Å². The van der Waals surface area contributed by atoms with E-state index in [-0.39, 0.29) is 29.5 Å². The highest BCUT2D eigenvalue weighted by molar-refractivity contribution is 9.10. The molecular weight excluding hydrogens is 445 g/mol. The molecule has 1 N–H and O–H groups in total. The van der Waals surface area contributed by atoms with E-state index in [0.29, 0.717) is 4.57 Å². The van der Waals surface area contributed by atoms with Gasteiger partial charge in [0.15, 0.2) is 11.6 Å². The van der Waals surface area contributed by atoms with Crippen LogP contribution < -0.4 is 11.0 Å². The van der Waals surface area contributed by atoms with Crippen molar-refractivity contribution in [1.82, 2.24) is 19.7 Å². The quantitative estimate of drug-likeness (QED) is 0.737. The zero-order valence-electron chi connectivity index (χ0n) is 15.3. The highest BCUT2D eigenvalue weighted by Crippen LogP contribution is 2.21. The Morgan fingerprint density at radius 3 is 2.46 bits per heavy atom. The Bertz CT molecular complexity index is 940. The third-order valence-corrected chi connectivity index (χ3v) is 3.78. The summed E-state index contributed by atoms with van der Waals surface area (Å²) in [6.07, 6.45) is 0.377. The summed E-state index contributed by atoms with van der Waals surface area (Å²) in [5, 5.41) is 6.09. The van der Waals surface area contributed by atoms with E-state index in [1.165, 1.54) is 0 Å². The van der Waals surface area contributed by atoms with Gasteiger partial charge < -0.3 is 10.1 Å². The number of hydrogen-bond donors (Lipinski definition) is 1. The zero-order valence-corrected chi connectivity index (χ0v) is 16.9. The molecule has 0 aliphatic heterocycles. The summed E-state index contributed by atoms with van der Waals surface area (Å²) in [5.41, 5.74) is -2.21. The van der Waals surface area contributed by atoms with Gasteiger partial charge in [-0.1, -0.05) is 15.9 Å². The van der Waals surface area contributed by atoms with Crippen LogP contribution in [0, 0.1) is 11.6 Å². The van der Waals surface area contributed by atoms with Crippen molar-refractivity contribution < 1.29 is 22.7 Å². The molecule has 11 heteroatoms. The maximum atomic E-state index is 14.1. The van der Waals surface area contributed by atoms with Crippen molar-refractivity contribution >= 4 is 22.0 Å². The van der Waals surface area contributed by atoms with E-state index in [2.05, 4.69) is 26.3 Å². The van der Waals surface area contributed by atoms with Crippen molar-refractivity contribution in [2.24, 2.45) is 0 Å². The van der Waals surface area contributed by atoms with Gasteiger partial charge >= 0.3 is 11.8 Å². The van der Waals surface area contributed by atoms with E-state index in [9.17, 15) is 22.8 Å². The molecule has 2 rings (SSSR count). The number of benzene rings is 1. The lowest BCUT2D eigenvalue weighted by atomic mass is 10.2. The fourth-order valence-electron chi connectivity index (χ4n) is 2.18. The van der Waals surface area contributed by atoms with Gasteiger partial charge in [-0.05, 0) is 38.5 Å². The first-order valence-electron chi connectivity index (χ1n) is 8.06. The first-order chi connectivity index (χ1) is 13.0. The molecule has 1 amide bonds. The molecular formula is C17H18BrF3N4O3. The summed E-state index contributed by atoms with van der Waals surface area (Å²) in [6, 6.07) is 2.00. The lowest BCUT2D eigenvalue weighted by Crippen LogP contribution is -2.34. The van der Waals surface area contributed by atoms with Crippen LogP contribution in [-0.2, 0) is 11.3 Å². The fraction of sp³-hybridized carbons (Fsp3) is 0.353. The number of aromatic nitrogens is 3. The smallest absolute Gasteiger partial charge is 0.407 e. The number of ether oxygens (including phenoxy) is 1. The Morgan fingerprint density at radius 2 is 1.93 bits per heavy atom. The number of nitrogens with one attached hydrogen (secondary N) is 1. The van der Waals surface area contributed by atoms with E-state index in [4.69, 9.17) is 4.74 Å². The molecule has 0 aliphatic carbocycles. The highest BCUT2D eigenvalue weighted by Gasteiger charge is 2.19. The Hall–Kier alpha value is -2.56. The Labute approximate surface area is 166 Å². The monoisotopic (exact) mass is 462 g/mol. The summed E-state index contributed by atoms with van der Waals surface area (Å²) >= 11 is 2.95. The number of amides is 1. The van der Waals surface area contributed by atoms with Gasteiger partial charge in [-0.25, -0.2) is 32.0 Å². The van der Waals surface area contributed by atoms with Gasteiger partial charge in [0.25, 0.3) is 0 Å².